The number of nitrogens with one attached hydrogen (secondary N) is 1. The number of hydrogen-bond acceptors (Lipinski definition) is 3. The Bertz CT molecular complexity index is 480. The van der Waals surface area contributed by atoms with E-state index in [-0.39, 0.29) is 6.04 Å². The topological polar surface area (TPSA) is 69.3 Å². The van der Waals surface area contributed by atoms with Gasteiger partial charge >= 0.3 is 0 Å². The minimum atomic E-state index is -3.40. The highest BCUT2D eigenvalue weighted by Gasteiger charge is 2.30. The van der Waals surface area contributed by atoms with Gasteiger partial charge in [0.2, 0.25) is 0 Å². The summed E-state index contributed by atoms with van der Waals surface area (Å²) in [7, 11) is -0.0999. The van der Waals surface area contributed by atoms with Gasteiger partial charge in [0.1, 0.15) is 0 Å². The van der Waals surface area contributed by atoms with Crippen LogP contribution in [0, 0.1) is 0 Å². The Morgan fingerprint density at radius 2 is 2.00 bits per heavy atom. The van der Waals surface area contributed by atoms with Crippen molar-refractivity contribution >= 4 is 10.2 Å². The van der Waals surface area contributed by atoms with E-state index in [1.807, 2.05) is 0 Å². The molecule has 1 N–H and O–H groups in total. The molecule has 19 heavy (non-hydrogen) atoms. The van der Waals surface area contributed by atoms with Crippen molar-refractivity contribution in [3.63, 3.8) is 0 Å². The fraction of sp³-hybridized carbons (Fsp3) is 0.750. The first-order valence-corrected chi connectivity index (χ1v) is 8.09. The first kappa shape index (κ1) is 14.5. The summed E-state index contributed by atoms with van der Waals surface area (Å²) < 4.78 is 27.8. The smallest absolute Gasteiger partial charge is 0.281 e. The highest BCUT2D eigenvalue weighted by Crippen LogP contribution is 2.24. The third-order valence-corrected chi connectivity index (χ3v) is 5.74. The summed E-state index contributed by atoms with van der Waals surface area (Å²) in [5.74, 6) is 0. The molecular formula is C12H22N4O2S. The van der Waals surface area contributed by atoms with E-state index >= 15 is 0 Å². The van der Waals surface area contributed by atoms with Gasteiger partial charge in [0.15, 0.2) is 0 Å². The van der Waals surface area contributed by atoms with Gasteiger partial charge in [-0.25, -0.2) is 0 Å². The van der Waals surface area contributed by atoms with Crippen molar-refractivity contribution in [2.45, 2.75) is 44.7 Å². The molecule has 1 fully saturated rings. The van der Waals surface area contributed by atoms with Crippen LogP contribution in [0.4, 0.5) is 0 Å². The van der Waals surface area contributed by atoms with E-state index in [4.69, 9.17) is 0 Å². The Morgan fingerprint density at radius 3 is 2.58 bits per heavy atom. The van der Waals surface area contributed by atoms with Gasteiger partial charge in [-0.05, 0) is 18.9 Å². The van der Waals surface area contributed by atoms with Crippen molar-refractivity contribution < 1.29 is 8.42 Å². The maximum atomic E-state index is 12.5. The number of nitrogens with zero attached hydrogens (tertiary/aromatic N) is 3. The Balaban J connectivity index is 2.03. The molecule has 0 unspecified atom stereocenters. The SMILES string of the molecule is CN(Cc1ccn[nH]1)S(=O)(=O)N(C)C1CCCCC1. The van der Waals surface area contributed by atoms with Crippen molar-refractivity contribution in [3.8, 4) is 0 Å². The van der Waals surface area contributed by atoms with Crippen LogP contribution in [0.15, 0.2) is 12.3 Å². The fourth-order valence-corrected chi connectivity index (χ4v) is 3.88. The van der Waals surface area contributed by atoms with Crippen molar-refractivity contribution in [1.29, 1.82) is 0 Å². The molecule has 7 heteroatoms. The van der Waals surface area contributed by atoms with E-state index in [0.717, 1.165) is 31.4 Å². The van der Waals surface area contributed by atoms with Crippen molar-refractivity contribution in [3.05, 3.63) is 18.0 Å². The second-order valence-corrected chi connectivity index (χ2v) is 7.25. The van der Waals surface area contributed by atoms with Crippen molar-refractivity contribution in [1.82, 2.24) is 18.8 Å². The molecule has 108 valence electrons. The van der Waals surface area contributed by atoms with Crippen LogP contribution < -0.4 is 0 Å². The van der Waals surface area contributed by atoms with Gasteiger partial charge in [0.05, 0.1) is 12.2 Å². The molecular weight excluding hydrogens is 264 g/mol. The van der Waals surface area contributed by atoms with Crippen LogP contribution in [-0.4, -0.2) is 47.4 Å². The van der Waals surface area contributed by atoms with Gasteiger partial charge in [-0.3, -0.25) is 5.10 Å². The highest BCUT2D eigenvalue weighted by molar-refractivity contribution is 7.86. The summed E-state index contributed by atoms with van der Waals surface area (Å²) in [5, 5.41) is 6.62. The van der Waals surface area contributed by atoms with E-state index in [9.17, 15) is 8.42 Å². The first-order valence-electron chi connectivity index (χ1n) is 6.69. The van der Waals surface area contributed by atoms with Gasteiger partial charge in [0, 0.05) is 26.3 Å². The number of aromatic nitrogens is 2. The molecule has 0 aromatic carbocycles. The average molecular weight is 286 g/mol. The number of hydrogen-bond donors (Lipinski definition) is 1. The third-order valence-electron chi connectivity index (χ3n) is 3.80. The van der Waals surface area contributed by atoms with E-state index in [1.165, 1.54) is 15.0 Å². The zero-order chi connectivity index (χ0) is 13.9. The largest absolute Gasteiger partial charge is 0.282 e. The summed E-state index contributed by atoms with van der Waals surface area (Å²) in [6, 6.07) is 1.93. The molecule has 0 aliphatic heterocycles. The predicted octanol–water partition coefficient (Wildman–Crippen LogP) is 1.35. The van der Waals surface area contributed by atoms with Crippen molar-refractivity contribution in [2.24, 2.45) is 0 Å². The zero-order valence-electron chi connectivity index (χ0n) is 11.5. The molecule has 1 aromatic heterocycles. The molecule has 1 heterocycles. The normalized spacial score (nSPS) is 18.3. The van der Waals surface area contributed by atoms with Crippen LogP contribution in [0.1, 0.15) is 37.8 Å². The van der Waals surface area contributed by atoms with Crippen LogP contribution >= 0.6 is 0 Å². The van der Waals surface area contributed by atoms with E-state index < -0.39 is 10.2 Å². The summed E-state index contributed by atoms with van der Waals surface area (Å²) in [6.45, 7) is 0.319. The minimum Gasteiger partial charge on any atom is -0.281 e. The molecule has 1 aromatic rings. The Hall–Kier alpha value is -0.920. The summed E-state index contributed by atoms with van der Waals surface area (Å²) in [6.07, 6.45) is 7.01. The second kappa shape index (κ2) is 6.02. The van der Waals surface area contributed by atoms with Crippen LogP contribution in [-0.2, 0) is 16.8 Å². The third kappa shape index (κ3) is 3.34. The summed E-state index contributed by atoms with van der Waals surface area (Å²) in [4.78, 5) is 0. The van der Waals surface area contributed by atoms with Crippen LogP contribution in [0.5, 0.6) is 0 Å². The van der Waals surface area contributed by atoms with E-state index in [2.05, 4.69) is 10.2 Å². The Kier molecular flexibility index (Phi) is 4.59. The van der Waals surface area contributed by atoms with Gasteiger partial charge in [-0.2, -0.15) is 22.1 Å². The lowest BCUT2D eigenvalue weighted by atomic mass is 9.96. The maximum absolute atomic E-state index is 12.5. The molecule has 0 atom stereocenters. The fourth-order valence-electron chi connectivity index (χ4n) is 2.55. The Labute approximate surface area is 115 Å². The first-order chi connectivity index (χ1) is 9.01. The summed E-state index contributed by atoms with van der Waals surface area (Å²) in [5.41, 5.74) is 0.795. The van der Waals surface area contributed by atoms with Gasteiger partial charge in [-0.1, -0.05) is 19.3 Å². The molecule has 0 amide bonds. The average Bonchev–Trinajstić information content (AvgIpc) is 2.91. The second-order valence-electron chi connectivity index (χ2n) is 5.15. The number of rotatable bonds is 5. The standard InChI is InChI=1S/C12H22N4O2S/c1-15(10-11-8-9-13-14-11)19(17,18)16(2)12-6-4-3-5-7-12/h8-9,12H,3-7,10H2,1-2H3,(H,13,14). The van der Waals surface area contributed by atoms with Gasteiger partial charge in [0.25, 0.3) is 10.2 Å². The molecule has 0 spiro atoms. The molecule has 0 bridgehead atoms. The van der Waals surface area contributed by atoms with Crippen LogP contribution in [0.3, 0.4) is 0 Å². The Morgan fingerprint density at radius 1 is 1.32 bits per heavy atom. The van der Waals surface area contributed by atoms with Crippen LogP contribution in [0.2, 0.25) is 0 Å². The van der Waals surface area contributed by atoms with Crippen LogP contribution in [0.25, 0.3) is 0 Å². The number of H-pyrrole nitrogens is 1. The molecule has 0 saturated heterocycles. The monoisotopic (exact) mass is 286 g/mol. The quantitative estimate of drug-likeness (QED) is 0.888. The van der Waals surface area contributed by atoms with Gasteiger partial charge in [-0.15, -0.1) is 0 Å². The summed E-state index contributed by atoms with van der Waals surface area (Å²) >= 11 is 0. The molecule has 1 aliphatic carbocycles. The maximum Gasteiger partial charge on any atom is 0.282 e. The lowest BCUT2D eigenvalue weighted by Gasteiger charge is -2.33. The minimum absolute atomic E-state index is 0.142. The zero-order valence-corrected chi connectivity index (χ0v) is 12.4. The number of aromatic amines is 1. The van der Waals surface area contributed by atoms with E-state index in [1.54, 1.807) is 26.4 Å². The van der Waals surface area contributed by atoms with Crippen molar-refractivity contribution in [2.75, 3.05) is 14.1 Å². The lowest BCUT2D eigenvalue weighted by Crippen LogP contribution is -2.45. The molecule has 1 aliphatic rings. The molecule has 6 nitrogen and oxygen atoms in total. The van der Waals surface area contributed by atoms with E-state index in [0.29, 0.717) is 6.54 Å². The lowest BCUT2D eigenvalue weighted by molar-refractivity contribution is 0.267. The molecule has 0 radical (unpaired) electrons. The highest BCUT2D eigenvalue weighted by atomic mass is 32.2. The predicted molar refractivity (Wildman–Crippen MR) is 73.6 cm³/mol. The van der Waals surface area contributed by atoms with Gasteiger partial charge < -0.3 is 0 Å². The molecule has 1 saturated carbocycles. The molecule has 2 rings (SSSR count).